The zero-order chi connectivity index (χ0) is 30.3. The van der Waals surface area contributed by atoms with Gasteiger partial charge >= 0.3 is 5.97 Å². The first-order valence-electron chi connectivity index (χ1n) is 15.9. The number of benzene rings is 3. The molecule has 0 bridgehead atoms. The molecule has 3 rings (SSSR count). The van der Waals surface area contributed by atoms with Crippen molar-refractivity contribution < 1.29 is 14.3 Å². The minimum absolute atomic E-state index is 0.329. The highest BCUT2D eigenvalue weighted by Crippen LogP contribution is 2.35. The second kappa shape index (κ2) is 17.5. The van der Waals surface area contributed by atoms with E-state index >= 15 is 0 Å². The second-order valence-corrected chi connectivity index (χ2v) is 11.3. The normalized spacial score (nSPS) is 11.4. The van der Waals surface area contributed by atoms with Gasteiger partial charge in [0.1, 0.15) is 5.75 Å². The standard InChI is InChI=1S/C37H50N2O3/c1-7-10-11-12-13-14-15-16-23-42-35-22-21-33(26-34(35)27(4)5)38-39-36-28(8-2)24-32(25-29(36)9-3)30-17-19-31(20-18-30)37(40)41-6/h17-22,24-27H,7-16,23H2,1-6H3. The first-order valence-corrected chi connectivity index (χ1v) is 15.9. The summed E-state index contributed by atoms with van der Waals surface area (Å²) in [6, 6.07) is 18.1. The van der Waals surface area contributed by atoms with Crippen molar-refractivity contribution in [3.8, 4) is 16.9 Å². The van der Waals surface area contributed by atoms with Gasteiger partial charge in [-0.25, -0.2) is 4.79 Å². The summed E-state index contributed by atoms with van der Waals surface area (Å²) < 4.78 is 11.1. The van der Waals surface area contributed by atoms with Gasteiger partial charge in [-0.2, -0.15) is 5.11 Å². The molecule has 0 radical (unpaired) electrons. The first-order chi connectivity index (χ1) is 20.4. The van der Waals surface area contributed by atoms with Gasteiger partial charge in [0, 0.05) is 0 Å². The van der Waals surface area contributed by atoms with E-state index < -0.39 is 0 Å². The molecule has 226 valence electrons. The Kier molecular flexibility index (Phi) is 13.7. The van der Waals surface area contributed by atoms with Crippen LogP contribution in [0.3, 0.4) is 0 Å². The van der Waals surface area contributed by atoms with Crippen LogP contribution >= 0.6 is 0 Å². The SMILES string of the molecule is CCCCCCCCCCOc1ccc(N=Nc2c(CC)cc(-c3ccc(C(=O)OC)cc3)cc2CC)cc1C(C)C. The Morgan fingerprint density at radius 3 is 1.93 bits per heavy atom. The summed E-state index contributed by atoms with van der Waals surface area (Å²) in [5.41, 5.74) is 7.96. The third-order valence-corrected chi connectivity index (χ3v) is 7.81. The lowest BCUT2D eigenvalue weighted by Crippen LogP contribution is -2.01. The largest absolute Gasteiger partial charge is 0.493 e. The van der Waals surface area contributed by atoms with E-state index in [1.165, 1.54) is 57.6 Å². The fourth-order valence-corrected chi connectivity index (χ4v) is 5.22. The molecule has 0 N–H and O–H groups in total. The Morgan fingerprint density at radius 2 is 1.36 bits per heavy atom. The Hall–Kier alpha value is -3.47. The lowest BCUT2D eigenvalue weighted by molar-refractivity contribution is 0.0600. The van der Waals surface area contributed by atoms with Crippen LogP contribution < -0.4 is 4.74 Å². The van der Waals surface area contributed by atoms with E-state index in [1.54, 1.807) is 12.1 Å². The number of aryl methyl sites for hydroxylation is 2. The van der Waals surface area contributed by atoms with Crippen molar-refractivity contribution in [3.63, 3.8) is 0 Å². The zero-order valence-corrected chi connectivity index (χ0v) is 26.7. The molecule has 0 aromatic heterocycles. The van der Waals surface area contributed by atoms with Crippen LogP contribution in [0.5, 0.6) is 5.75 Å². The van der Waals surface area contributed by atoms with Gasteiger partial charge in [0.2, 0.25) is 0 Å². The molecule has 0 atom stereocenters. The van der Waals surface area contributed by atoms with Crippen molar-refractivity contribution in [2.75, 3.05) is 13.7 Å². The number of nitrogens with zero attached hydrogens (tertiary/aromatic N) is 2. The van der Waals surface area contributed by atoms with E-state index in [9.17, 15) is 4.79 Å². The second-order valence-electron chi connectivity index (χ2n) is 11.3. The molecule has 0 saturated carbocycles. The minimum Gasteiger partial charge on any atom is -0.493 e. The van der Waals surface area contributed by atoms with Crippen LogP contribution in [-0.2, 0) is 17.6 Å². The number of methoxy groups -OCH3 is 1. The number of hydrogen-bond donors (Lipinski definition) is 0. The third kappa shape index (κ3) is 9.54. The summed E-state index contributed by atoms with van der Waals surface area (Å²) in [7, 11) is 1.40. The third-order valence-electron chi connectivity index (χ3n) is 7.81. The van der Waals surface area contributed by atoms with Crippen molar-refractivity contribution in [3.05, 3.63) is 76.9 Å². The first kappa shape index (κ1) is 33.0. The molecule has 0 aliphatic rings. The summed E-state index contributed by atoms with van der Waals surface area (Å²) in [6.45, 7) is 11.7. The smallest absolute Gasteiger partial charge is 0.337 e. The summed E-state index contributed by atoms with van der Waals surface area (Å²) in [4.78, 5) is 11.8. The predicted octanol–water partition coefficient (Wildman–Crippen LogP) is 11.3. The molecule has 0 fully saturated rings. The summed E-state index contributed by atoms with van der Waals surface area (Å²) in [5.74, 6) is 0.957. The van der Waals surface area contributed by atoms with E-state index in [0.717, 1.165) is 65.2 Å². The topological polar surface area (TPSA) is 60.2 Å². The number of hydrogen-bond acceptors (Lipinski definition) is 5. The van der Waals surface area contributed by atoms with Crippen LogP contribution in [0.2, 0.25) is 0 Å². The Balaban J connectivity index is 1.72. The Bertz CT molecular complexity index is 1270. The van der Waals surface area contributed by atoms with Gasteiger partial charge in [-0.15, -0.1) is 5.11 Å². The molecular weight excluding hydrogens is 520 g/mol. The number of unbranched alkanes of at least 4 members (excludes halogenated alkanes) is 7. The molecule has 3 aromatic carbocycles. The molecule has 0 unspecified atom stereocenters. The van der Waals surface area contributed by atoms with Gasteiger partial charge in [0.15, 0.2) is 0 Å². The highest BCUT2D eigenvalue weighted by Gasteiger charge is 2.13. The van der Waals surface area contributed by atoms with Crippen LogP contribution in [0, 0.1) is 0 Å². The molecule has 0 heterocycles. The number of carbonyl (C=O) groups is 1. The van der Waals surface area contributed by atoms with Gasteiger partial charge in [-0.05, 0) is 95.5 Å². The van der Waals surface area contributed by atoms with Crippen molar-refractivity contribution in [1.82, 2.24) is 0 Å². The fraction of sp³-hybridized carbons (Fsp3) is 0.486. The molecule has 0 aliphatic heterocycles. The number of azo groups is 1. The van der Waals surface area contributed by atoms with Crippen LogP contribution in [0.15, 0.2) is 64.8 Å². The maximum atomic E-state index is 11.8. The molecule has 5 nitrogen and oxygen atoms in total. The lowest BCUT2D eigenvalue weighted by Gasteiger charge is -2.15. The molecule has 0 aliphatic carbocycles. The van der Waals surface area contributed by atoms with E-state index in [2.05, 4.69) is 58.9 Å². The number of rotatable bonds is 17. The summed E-state index contributed by atoms with van der Waals surface area (Å²) in [5, 5.41) is 9.47. The van der Waals surface area contributed by atoms with E-state index in [-0.39, 0.29) is 5.97 Å². The van der Waals surface area contributed by atoms with Crippen molar-refractivity contribution in [2.24, 2.45) is 10.2 Å². The van der Waals surface area contributed by atoms with Crippen molar-refractivity contribution in [1.29, 1.82) is 0 Å². The van der Waals surface area contributed by atoms with Crippen molar-refractivity contribution >= 4 is 17.3 Å². The van der Waals surface area contributed by atoms with Gasteiger partial charge in [-0.1, -0.05) is 91.7 Å². The number of esters is 1. The fourth-order valence-electron chi connectivity index (χ4n) is 5.22. The molecule has 42 heavy (non-hydrogen) atoms. The average Bonchev–Trinajstić information content (AvgIpc) is 3.02. The molecule has 5 heteroatoms. The number of carbonyl (C=O) groups excluding carboxylic acids is 1. The minimum atomic E-state index is -0.329. The molecule has 0 amide bonds. The molecule has 3 aromatic rings. The summed E-state index contributed by atoms with van der Waals surface area (Å²) >= 11 is 0. The highest BCUT2D eigenvalue weighted by atomic mass is 16.5. The highest BCUT2D eigenvalue weighted by molar-refractivity contribution is 5.90. The number of ether oxygens (including phenoxy) is 2. The van der Waals surface area contributed by atoms with Gasteiger partial charge in [-0.3, -0.25) is 0 Å². The predicted molar refractivity (Wildman–Crippen MR) is 175 cm³/mol. The van der Waals surface area contributed by atoms with Crippen molar-refractivity contribution in [2.45, 2.75) is 105 Å². The Labute approximate surface area is 253 Å². The lowest BCUT2D eigenvalue weighted by atomic mass is 9.95. The molecule has 0 saturated heterocycles. The average molecular weight is 571 g/mol. The maximum Gasteiger partial charge on any atom is 0.337 e. The van der Waals surface area contributed by atoms with Gasteiger partial charge in [0.25, 0.3) is 0 Å². The maximum absolute atomic E-state index is 11.8. The van der Waals surface area contributed by atoms with E-state index in [1.807, 2.05) is 18.2 Å². The van der Waals surface area contributed by atoms with Gasteiger partial charge in [0.05, 0.1) is 30.7 Å². The van der Waals surface area contributed by atoms with Gasteiger partial charge < -0.3 is 9.47 Å². The van der Waals surface area contributed by atoms with Crippen LogP contribution in [0.1, 0.15) is 119 Å². The summed E-state index contributed by atoms with van der Waals surface area (Å²) in [6.07, 6.45) is 12.0. The Morgan fingerprint density at radius 1 is 0.738 bits per heavy atom. The van der Waals surface area contributed by atoms with Crippen LogP contribution in [0.4, 0.5) is 11.4 Å². The molecular formula is C37H50N2O3. The zero-order valence-electron chi connectivity index (χ0n) is 26.7. The van der Waals surface area contributed by atoms with Crippen LogP contribution in [-0.4, -0.2) is 19.7 Å². The molecule has 0 spiro atoms. The van der Waals surface area contributed by atoms with E-state index in [4.69, 9.17) is 19.7 Å². The van der Waals surface area contributed by atoms with Crippen LogP contribution in [0.25, 0.3) is 11.1 Å². The van der Waals surface area contributed by atoms with E-state index in [0.29, 0.717) is 11.5 Å². The quantitative estimate of drug-likeness (QED) is 0.0921. The monoisotopic (exact) mass is 570 g/mol.